The zero-order valence-electron chi connectivity index (χ0n) is 9.91. The molecule has 2 rings (SSSR count). The first-order valence-electron chi connectivity index (χ1n) is 5.60. The van der Waals surface area contributed by atoms with Crippen LogP contribution in [0.3, 0.4) is 0 Å². The molecule has 92 valence electrons. The number of aryl methyl sites for hydroxylation is 1. The van der Waals surface area contributed by atoms with Gasteiger partial charge in [-0.05, 0) is 46.1 Å². The minimum absolute atomic E-state index is 0.0821. The van der Waals surface area contributed by atoms with Crippen molar-refractivity contribution in [1.29, 1.82) is 0 Å². The Hall–Kier alpha value is -1.12. The zero-order valence-corrected chi connectivity index (χ0v) is 12.3. The van der Waals surface area contributed by atoms with Crippen LogP contribution in [0, 0.1) is 6.92 Å². The SMILES string of the molecule is Cc1ccccc1CC(=O)c1ccc(Br)c(Cl)c1. The molecule has 0 atom stereocenters. The maximum absolute atomic E-state index is 12.2. The number of Topliss-reactive ketones (excluding diaryl/α,β-unsaturated/α-hetero) is 1. The molecule has 0 aliphatic heterocycles. The Kier molecular flexibility index (Phi) is 4.20. The molecule has 0 saturated heterocycles. The molecule has 0 aromatic heterocycles. The maximum atomic E-state index is 12.2. The number of carbonyl (C=O) groups is 1. The van der Waals surface area contributed by atoms with Crippen LogP contribution in [0.1, 0.15) is 21.5 Å². The smallest absolute Gasteiger partial charge is 0.167 e. The van der Waals surface area contributed by atoms with Gasteiger partial charge in [0.25, 0.3) is 0 Å². The fourth-order valence-corrected chi connectivity index (χ4v) is 2.18. The van der Waals surface area contributed by atoms with E-state index in [9.17, 15) is 4.79 Å². The highest BCUT2D eigenvalue weighted by Gasteiger charge is 2.10. The third-order valence-electron chi connectivity index (χ3n) is 2.85. The number of halogens is 2. The van der Waals surface area contributed by atoms with Gasteiger partial charge in [-0.3, -0.25) is 4.79 Å². The van der Waals surface area contributed by atoms with Crippen molar-refractivity contribution in [3.63, 3.8) is 0 Å². The second-order valence-electron chi connectivity index (χ2n) is 4.16. The lowest BCUT2D eigenvalue weighted by Gasteiger charge is -2.06. The highest BCUT2D eigenvalue weighted by Crippen LogP contribution is 2.24. The van der Waals surface area contributed by atoms with E-state index >= 15 is 0 Å². The molecule has 2 aromatic rings. The van der Waals surface area contributed by atoms with Gasteiger partial charge in [0.15, 0.2) is 5.78 Å². The maximum Gasteiger partial charge on any atom is 0.167 e. The topological polar surface area (TPSA) is 17.1 Å². The Morgan fingerprint density at radius 2 is 1.94 bits per heavy atom. The Morgan fingerprint density at radius 3 is 2.61 bits per heavy atom. The lowest BCUT2D eigenvalue weighted by atomic mass is 10.00. The first-order chi connectivity index (χ1) is 8.58. The first-order valence-corrected chi connectivity index (χ1v) is 6.78. The van der Waals surface area contributed by atoms with Crippen LogP contribution in [0.2, 0.25) is 5.02 Å². The number of ketones is 1. The minimum Gasteiger partial charge on any atom is -0.294 e. The van der Waals surface area contributed by atoms with Crippen LogP contribution < -0.4 is 0 Å². The molecule has 2 aromatic carbocycles. The lowest BCUT2D eigenvalue weighted by molar-refractivity contribution is 0.0993. The van der Waals surface area contributed by atoms with Gasteiger partial charge in [-0.1, -0.05) is 41.9 Å². The number of carbonyl (C=O) groups excluding carboxylic acids is 1. The molecular weight excluding hydrogens is 312 g/mol. The van der Waals surface area contributed by atoms with E-state index in [2.05, 4.69) is 15.9 Å². The van der Waals surface area contributed by atoms with E-state index in [1.165, 1.54) is 0 Å². The molecule has 0 saturated carbocycles. The van der Waals surface area contributed by atoms with Crippen molar-refractivity contribution in [2.45, 2.75) is 13.3 Å². The van der Waals surface area contributed by atoms with Gasteiger partial charge < -0.3 is 0 Å². The van der Waals surface area contributed by atoms with Crippen LogP contribution in [0.4, 0.5) is 0 Å². The van der Waals surface area contributed by atoms with E-state index < -0.39 is 0 Å². The molecule has 0 unspecified atom stereocenters. The molecule has 0 spiro atoms. The lowest BCUT2D eigenvalue weighted by Crippen LogP contribution is -2.04. The Morgan fingerprint density at radius 1 is 1.22 bits per heavy atom. The molecule has 0 N–H and O–H groups in total. The zero-order chi connectivity index (χ0) is 13.1. The van der Waals surface area contributed by atoms with Gasteiger partial charge in [0.05, 0.1) is 5.02 Å². The van der Waals surface area contributed by atoms with E-state index in [-0.39, 0.29) is 5.78 Å². The van der Waals surface area contributed by atoms with Gasteiger partial charge in [0.1, 0.15) is 0 Å². The molecule has 0 amide bonds. The van der Waals surface area contributed by atoms with Crippen molar-refractivity contribution in [2.24, 2.45) is 0 Å². The standard InChI is InChI=1S/C15H12BrClO/c1-10-4-2-3-5-11(10)9-15(18)12-6-7-13(16)14(17)8-12/h2-8H,9H2,1H3. The molecule has 18 heavy (non-hydrogen) atoms. The van der Waals surface area contributed by atoms with Crippen molar-refractivity contribution in [3.05, 3.63) is 68.7 Å². The fourth-order valence-electron chi connectivity index (χ4n) is 1.75. The Bertz CT molecular complexity index is 593. The highest BCUT2D eigenvalue weighted by atomic mass is 79.9. The van der Waals surface area contributed by atoms with Crippen molar-refractivity contribution in [1.82, 2.24) is 0 Å². The van der Waals surface area contributed by atoms with Crippen LogP contribution >= 0.6 is 27.5 Å². The van der Waals surface area contributed by atoms with Crippen LogP contribution in [-0.4, -0.2) is 5.78 Å². The average Bonchev–Trinajstić information content (AvgIpc) is 2.35. The van der Waals surface area contributed by atoms with Gasteiger partial charge in [-0.15, -0.1) is 0 Å². The molecule has 0 aliphatic rings. The number of hydrogen-bond acceptors (Lipinski definition) is 1. The molecule has 1 nitrogen and oxygen atoms in total. The highest BCUT2D eigenvalue weighted by molar-refractivity contribution is 9.10. The molecule has 0 radical (unpaired) electrons. The predicted molar refractivity (Wildman–Crippen MR) is 78.4 cm³/mol. The summed E-state index contributed by atoms with van der Waals surface area (Å²) in [5.74, 6) is 0.0821. The normalized spacial score (nSPS) is 10.4. The van der Waals surface area contributed by atoms with Crippen molar-refractivity contribution < 1.29 is 4.79 Å². The third-order valence-corrected chi connectivity index (χ3v) is 4.09. The van der Waals surface area contributed by atoms with Crippen molar-refractivity contribution in [2.75, 3.05) is 0 Å². The van der Waals surface area contributed by atoms with E-state index in [0.29, 0.717) is 17.0 Å². The van der Waals surface area contributed by atoms with Gasteiger partial charge in [-0.25, -0.2) is 0 Å². The summed E-state index contributed by atoms with van der Waals surface area (Å²) < 4.78 is 0.802. The third kappa shape index (κ3) is 3.01. The van der Waals surface area contributed by atoms with E-state index in [1.807, 2.05) is 31.2 Å². The molecule has 0 fully saturated rings. The van der Waals surface area contributed by atoms with E-state index in [4.69, 9.17) is 11.6 Å². The predicted octanol–water partition coefficient (Wildman–Crippen LogP) is 4.84. The van der Waals surface area contributed by atoms with Gasteiger partial charge in [0.2, 0.25) is 0 Å². The fraction of sp³-hybridized carbons (Fsp3) is 0.133. The first kappa shape index (κ1) is 13.3. The van der Waals surface area contributed by atoms with Gasteiger partial charge in [-0.2, -0.15) is 0 Å². The van der Waals surface area contributed by atoms with Crippen LogP contribution in [0.5, 0.6) is 0 Å². The number of benzene rings is 2. The summed E-state index contributed by atoms with van der Waals surface area (Å²) in [6.07, 6.45) is 0.407. The molecule has 3 heteroatoms. The summed E-state index contributed by atoms with van der Waals surface area (Å²) >= 11 is 9.31. The number of hydrogen-bond donors (Lipinski definition) is 0. The van der Waals surface area contributed by atoms with E-state index in [0.717, 1.165) is 15.6 Å². The molecular formula is C15H12BrClO. The Balaban J connectivity index is 2.22. The summed E-state index contributed by atoms with van der Waals surface area (Å²) in [5.41, 5.74) is 2.84. The van der Waals surface area contributed by atoms with Crippen LogP contribution in [-0.2, 0) is 6.42 Å². The van der Waals surface area contributed by atoms with E-state index in [1.54, 1.807) is 18.2 Å². The quantitative estimate of drug-likeness (QED) is 0.739. The van der Waals surface area contributed by atoms with Gasteiger partial charge in [0, 0.05) is 16.5 Å². The van der Waals surface area contributed by atoms with Crippen molar-refractivity contribution in [3.8, 4) is 0 Å². The summed E-state index contributed by atoms with van der Waals surface area (Å²) in [6.45, 7) is 2.01. The largest absolute Gasteiger partial charge is 0.294 e. The summed E-state index contributed by atoms with van der Waals surface area (Å²) in [5, 5.41) is 0.561. The molecule has 0 heterocycles. The molecule has 0 aliphatic carbocycles. The minimum atomic E-state index is 0.0821. The summed E-state index contributed by atoms with van der Waals surface area (Å²) in [4.78, 5) is 12.2. The van der Waals surface area contributed by atoms with Crippen LogP contribution in [0.25, 0.3) is 0 Å². The number of rotatable bonds is 3. The summed E-state index contributed by atoms with van der Waals surface area (Å²) in [6, 6.07) is 13.2. The second kappa shape index (κ2) is 5.68. The van der Waals surface area contributed by atoms with Crippen LogP contribution in [0.15, 0.2) is 46.9 Å². The molecule has 0 bridgehead atoms. The second-order valence-corrected chi connectivity index (χ2v) is 5.42. The Labute approximate surface area is 120 Å². The monoisotopic (exact) mass is 322 g/mol. The summed E-state index contributed by atoms with van der Waals surface area (Å²) in [7, 11) is 0. The average molecular weight is 324 g/mol. The van der Waals surface area contributed by atoms with Gasteiger partial charge >= 0.3 is 0 Å². The van der Waals surface area contributed by atoms with Crippen molar-refractivity contribution >= 4 is 33.3 Å².